The zero-order valence-corrected chi connectivity index (χ0v) is 13.4. The smallest absolute Gasteiger partial charge is 0 e. The molecule has 0 saturated carbocycles. The van der Waals surface area contributed by atoms with Crippen molar-refractivity contribution in [3.05, 3.63) is 13.8 Å². The van der Waals surface area contributed by atoms with Gasteiger partial charge in [-0.05, 0) is 0 Å². The topological polar surface area (TPSA) is 0 Å². The predicted molar refractivity (Wildman–Crippen MR) is 58.9 cm³/mol. The van der Waals surface area contributed by atoms with Crippen molar-refractivity contribution in [2.45, 2.75) is 54.4 Å². The van der Waals surface area contributed by atoms with Gasteiger partial charge in [-0.1, -0.05) is 54.4 Å². The van der Waals surface area contributed by atoms with Crippen molar-refractivity contribution < 1.29 is 14.3 Å². The molecule has 0 rings (SSSR count). The molecule has 0 fully saturated rings. The summed E-state index contributed by atoms with van der Waals surface area (Å²) in [6.07, 6.45) is 2.32. The van der Waals surface area contributed by atoms with Gasteiger partial charge < -0.3 is 13.8 Å². The Labute approximate surface area is 93.7 Å². The van der Waals surface area contributed by atoms with Gasteiger partial charge in [0.05, 0.1) is 0 Å². The van der Waals surface area contributed by atoms with E-state index in [9.17, 15) is 0 Å². The molecule has 0 bridgehead atoms. The monoisotopic (exact) mass is 411 g/mol. The largest absolute Gasteiger partial charge is 0.338 e. The molecule has 0 nitrogen and oxygen atoms in total. The standard InChI is InChI=1S/2C6H13.Am/c2*1-5-6(2,3)4;/h2*2,5H2,1,3-4H3;/q2*-1;. The minimum atomic E-state index is 0. The van der Waals surface area contributed by atoms with Crippen LogP contribution >= 0.6 is 0 Å². The summed E-state index contributed by atoms with van der Waals surface area (Å²) < 4.78 is 0. The van der Waals surface area contributed by atoms with Crippen molar-refractivity contribution in [1.82, 2.24) is 0 Å². The molecule has 0 aliphatic heterocycles. The van der Waals surface area contributed by atoms with Gasteiger partial charge in [-0.15, -0.1) is 0 Å². The Morgan fingerprint density at radius 1 is 0.769 bits per heavy atom. The van der Waals surface area contributed by atoms with E-state index in [1.165, 1.54) is 0 Å². The Morgan fingerprint density at radius 2 is 0.846 bits per heavy atom. The fraction of sp³-hybridized carbons (Fsp3) is 0.833. The van der Waals surface area contributed by atoms with Crippen molar-refractivity contribution >= 4 is 0 Å². The van der Waals surface area contributed by atoms with Gasteiger partial charge in [0.15, 0.2) is 0 Å². The van der Waals surface area contributed by atoms with Crippen LogP contribution in [0.4, 0.5) is 0 Å². The van der Waals surface area contributed by atoms with Crippen LogP contribution in [0.3, 0.4) is 0 Å². The summed E-state index contributed by atoms with van der Waals surface area (Å²) in [6, 6.07) is 0. The molecule has 1 radical (unpaired) electrons. The molecule has 0 amide bonds. The van der Waals surface area contributed by atoms with Crippen LogP contribution in [-0.4, -0.2) is 0 Å². The zero-order valence-electron chi connectivity index (χ0n) is 10.2. The zero-order chi connectivity index (χ0) is 10.4. The molecule has 0 heterocycles. The van der Waals surface area contributed by atoms with E-state index < -0.39 is 0 Å². The van der Waals surface area contributed by atoms with Crippen LogP contribution in [0.2, 0.25) is 0 Å². The molecule has 0 saturated heterocycles. The molecule has 0 aromatic heterocycles. The molecule has 0 aromatic rings. The van der Waals surface area contributed by atoms with E-state index in [-0.39, 0.29) is 14.3 Å². The van der Waals surface area contributed by atoms with Gasteiger partial charge in [0, 0.05) is 14.3 Å². The van der Waals surface area contributed by atoms with Crippen LogP contribution in [0.15, 0.2) is 0 Å². The van der Waals surface area contributed by atoms with Crippen LogP contribution < -0.4 is 0 Å². The minimum absolute atomic E-state index is 0. The summed E-state index contributed by atoms with van der Waals surface area (Å²) in [4.78, 5) is 0. The second-order valence-corrected chi connectivity index (χ2v) is 5.04. The van der Waals surface area contributed by atoms with Crippen LogP contribution in [0.5, 0.6) is 0 Å². The number of rotatable bonds is 2. The SMILES string of the molecule is [Am].[CH2-]C(C)(C)CC.[CH2-]C(C)(C)CC. The number of hydrogen-bond acceptors (Lipinski definition) is 0. The quantitative estimate of drug-likeness (QED) is 0.585. The second-order valence-electron chi connectivity index (χ2n) is 5.04. The maximum absolute atomic E-state index is 3.89. The first-order chi connectivity index (χ1) is 5.12. The van der Waals surface area contributed by atoms with E-state index in [0.717, 1.165) is 12.8 Å². The van der Waals surface area contributed by atoms with Crippen molar-refractivity contribution in [2.75, 3.05) is 0 Å². The van der Waals surface area contributed by atoms with E-state index in [1.54, 1.807) is 0 Å². The maximum atomic E-state index is 3.89. The summed E-state index contributed by atoms with van der Waals surface area (Å²) in [5.41, 5.74) is 0.583. The Balaban J connectivity index is -0.000000143. The van der Waals surface area contributed by atoms with Gasteiger partial charge in [-0.25, -0.2) is 0 Å². The van der Waals surface area contributed by atoms with Gasteiger partial charge >= 0.3 is 0 Å². The van der Waals surface area contributed by atoms with Gasteiger partial charge in [0.25, 0.3) is 0 Å². The molecule has 0 unspecified atom stereocenters. The molecule has 83 valence electrons. The summed E-state index contributed by atoms with van der Waals surface area (Å²) in [5.74, 6) is 0. The summed E-state index contributed by atoms with van der Waals surface area (Å²) >= 11 is 0. The molecule has 13 heavy (non-hydrogen) atoms. The van der Waals surface area contributed by atoms with Gasteiger partial charge in [-0.3, -0.25) is 0 Å². The predicted octanol–water partition coefficient (Wildman–Crippen LogP) is 4.51. The second kappa shape index (κ2) is 7.76. The Morgan fingerprint density at radius 3 is 0.846 bits per heavy atom. The molecule has 0 atom stereocenters. The third-order valence-electron chi connectivity index (χ3n) is 1.91. The molecule has 0 aliphatic rings. The molecule has 0 N–H and O–H groups in total. The molecule has 0 aliphatic carbocycles. The van der Waals surface area contributed by atoms with Crippen LogP contribution in [-0.2, 0) is 0 Å². The van der Waals surface area contributed by atoms with Gasteiger partial charge in [0.1, 0.15) is 0 Å². The first-order valence-electron chi connectivity index (χ1n) is 4.83. The summed E-state index contributed by atoms with van der Waals surface area (Å²) in [5, 5.41) is 0. The Bertz CT molecular complexity index is 78.7. The first kappa shape index (κ1) is 19.0. The maximum Gasteiger partial charge on any atom is 0 e. The van der Waals surface area contributed by atoms with Gasteiger partial charge in [-0.2, -0.15) is 10.8 Å². The summed E-state index contributed by atoms with van der Waals surface area (Å²) in [7, 11) is 0. The van der Waals surface area contributed by atoms with E-state index in [1.807, 2.05) is 0 Å². The van der Waals surface area contributed by atoms with Crippen LogP contribution in [0.1, 0.15) is 54.4 Å². The van der Waals surface area contributed by atoms with Crippen LogP contribution in [0.25, 0.3) is 0 Å². The van der Waals surface area contributed by atoms with Crippen molar-refractivity contribution in [3.8, 4) is 0 Å². The third kappa shape index (κ3) is 32.8. The first-order valence-corrected chi connectivity index (χ1v) is 4.83. The Hall–Kier alpha value is 0.390. The fourth-order valence-electron chi connectivity index (χ4n) is 0. The molecule has 0 aromatic carbocycles. The molecular weight excluding hydrogens is 387 g/mol. The van der Waals surface area contributed by atoms with Crippen molar-refractivity contribution in [3.63, 3.8) is 0 Å². The molecular formula is C12H26Am-2. The molecule has 0 spiro atoms. The minimum Gasteiger partial charge on any atom is -0.338 e. The van der Waals surface area contributed by atoms with Crippen molar-refractivity contribution in [1.29, 1.82) is 0 Å². The van der Waals surface area contributed by atoms with Gasteiger partial charge in [0.2, 0.25) is 0 Å². The average Bonchev–Trinajstić information content (AvgIpc) is 1.86. The van der Waals surface area contributed by atoms with E-state index in [4.69, 9.17) is 0 Å². The van der Waals surface area contributed by atoms with Crippen molar-refractivity contribution in [2.24, 2.45) is 10.8 Å². The molecule has 1 heteroatoms. The Kier molecular flexibility index (Phi) is 11.4. The normalized spacial score (nSPS) is 11.1. The van der Waals surface area contributed by atoms with E-state index in [2.05, 4.69) is 55.4 Å². The summed E-state index contributed by atoms with van der Waals surface area (Å²) in [6.45, 7) is 20.6. The fourth-order valence-corrected chi connectivity index (χ4v) is 0. The van der Waals surface area contributed by atoms with E-state index >= 15 is 0 Å². The van der Waals surface area contributed by atoms with E-state index in [0.29, 0.717) is 10.8 Å². The average molecular weight is 413 g/mol. The third-order valence-corrected chi connectivity index (χ3v) is 1.91. The number of hydrogen-bond donors (Lipinski definition) is 0. The van der Waals surface area contributed by atoms with Crippen LogP contribution in [0, 0.1) is 39.0 Å².